The van der Waals surface area contributed by atoms with Crippen molar-refractivity contribution in [2.24, 2.45) is 0 Å². The standard InChI is InChI=1S/C90H62N4/c1-85(2,3)49-39-40-71-59(41-49)60-42-50(86(4,5)6)43-61-75-72(93(71)81(60)61)44-62-76-73(45-91-83-79(76)87(63-31-15-7-23-51(63)52-24-8-16-32-64(52)87)47-89(83)67-35-19-11-27-55(67)56-28-12-20-36-68(56)89)94-74-46-92-84-80(77(74)78(75)82(62)94)88(65-33-17-9-25-53(65)54-26-10-18-34-66(54)88)48-90(84)69-37-21-13-29-57(69)58-30-14-22-38-70(58)90/h7-46H,47-48H2,1-6H3. The number of nitrogens with zero attached hydrogens (tertiary/aromatic N) is 4. The Morgan fingerprint density at radius 3 is 1.04 bits per heavy atom. The van der Waals surface area contributed by atoms with Crippen LogP contribution in [0.15, 0.2) is 243 Å². The lowest BCUT2D eigenvalue weighted by Crippen LogP contribution is -2.30. The highest BCUT2D eigenvalue weighted by molar-refractivity contribution is 6.39. The molecule has 4 heteroatoms. The molecule has 0 saturated heterocycles. The molecule has 6 aliphatic carbocycles. The largest absolute Gasteiger partial charge is 0.308 e. The van der Waals surface area contributed by atoms with Crippen LogP contribution in [-0.4, -0.2) is 18.8 Å². The summed E-state index contributed by atoms with van der Waals surface area (Å²) >= 11 is 0. The second-order valence-corrected chi connectivity index (χ2v) is 30.7. The van der Waals surface area contributed by atoms with Gasteiger partial charge in [0.15, 0.2) is 0 Å². The zero-order chi connectivity index (χ0) is 62.1. The fourth-order valence-corrected chi connectivity index (χ4v) is 21.2. The van der Waals surface area contributed by atoms with Crippen molar-refractivity contribution in [1.29, 1.82) is 0 Å². The third kappa shape index (κ3) is 5.38. The Morgan fingerprint density at radius 2 is 0.628 bits per heavy atom. The highest BCUT2D eigenvalue weighted by Crippen LogP contribution is 2.73. The number of hydrogen-bond donors (Lipinski definition) is 0. The summed E-state index contributed by atoms with van der Waals surface area (Å²) in [5.74, 6) is 0. The molecule has 94 heavy (non-hydrogen) atoms. The van der Waals surface area contributed by atoms with Crippen LogP contribution in [0.5, 0.6) is 0 Å². The Bertz CT molecular complexity index is 6220. The van der Waals surface area contributed by atoms with Gasteiger partial charge in [0.1, 0.15) is 0 Å². The lowest BCUT2D eigenvalue weighted by atomic mass is 9.67. The Morgan fingerprint density at radius 1 is 0.287 bits per heavy atom. The maximum atomic E-state index is 6.23. The quantitative estimate of drug-likeness (QED) is 0.152. The molecule has 6 heterocycles. The monoisotopic (exact) mass is 1200 g/mol. The van der Waals surface area contributed by atoms with E-state index in [0.717, 1.165) is 29.6 Å². The van der Waals surface area contributed by atoms with Gasteiger partial charge in [0.05, 0.1) is 78.5 Å². The van der Waals surface area contributed by atoms with Crippen LogP contribution >= 0.6 is 0 Å². The van der Waals surface area contributed by atoms with E-state index in [1.54, 1.807) is 0 Å². The van der Waals surface area contributed by atoms with Gasteiger partial charge in [-0.15, -0.1) is 0 Å². The molecular formula is C90H62N4. The fraction of sp³-hybridized carbons (Fsp3) is 0.156. The van der Waals surface area contributed by atoms with Crippen LogP contribution in [0.25, 0.3) is 121 Å². The highest BCUT2D eigenvalue weighted by atomic mass is 15.0. The van der Waals surface area contributed by atoms with Crippen molar-refractivity contribution in [2.45, 2.75) is 86.9 Å². The van der Waals surface area contributed by atoms with Crippen molar-refractivity contribution in [1.82, 2.24) is 18.8 Å². The van der Waals surface area contributed by atoms with Crippen molar-refractivity contribution >= 4 is 76.2 Å². The molecule has 17 aromatic rings. The van der Waals surface area contributed by atoms with Crippen LogP contribution in [0.3, 0.4) is 0 Å². The number of rotatable bonds is 0. The summed E-state index contributed by atoms with van der Waals surface area (Å²) in [5, 5.41) is 10.4. The number of aromatic nitrogens is 4. The predicted octanol–water partition coefficient (Wildman–Crippen LogP) is 21.4. The molecule has 0 atom stereocenters. The predicted molar refractivity (Wildman–Crippen MR) is 385 cm³/mol. The molecule has 0 aliphatic heterocycles. The van der Waals surface area contributed by atoms with Crippen LogP contribution in [0.1, 0.15) is 133 Å². The van der Waals surface area contributed by atoms with E-state index in [0.29, 0.717) is 0 Å². The van der Waals surface area contributed by atoms with Crippen molar-refractivity contribution in [3.05, 3.63) is 321 Å². The number of hydrogen-bond acceptors (Lipinski definition) is 2. The first-order valence-electron chi connectivity index (χ1n) is 33.9. The van der Waals surface area contributed by atoms with E-state index in [1.165, 1.54) is 182 Å². The van der Waals surface area contributed by atoms with Gasteiger partial charge in [-0.1, -0.05) is 242 Å². The van der Waals surface area contributed by atoms with Crippen LogP contribution in [0.4, 0.5) is 0 Å². The molecule has 6 aromatic heterocycles. The number of pyridine rings is 2. The molecule has 0 saturated carbocycles. The summed E-state index contributed by atoms with van der Waals surface area (Å²) in [6.07, 6.45) is 6.25. The van der Waals surface area contributed by atoms with Crippen LogP contribution in [-0.2, 0) is 32.5 Å². The molecule has 11 aromatic carbocycles. The zero-order valence-electron chi connectivity index (χ0n) is 53.3. The Kier molecular flexibility index (Phi) is 8.77. The molecule has 0 bridgehead atoms. The van der Waals surface area contributed by atoms with Crippen molar-refractivity contribution < 1.29 is 0 Å². The van der Waals surface area contributed by atoms with Gasteiger partial charge in [-0.05, 0) is 154 Å². The van der Waals surface area contributed by atoms with Gasteiger partial charge < -0.3 is 8.80 Å². The Balaban J connectivity index is 0.992. The zero-order valence-corrected chi connectivity index (χ0v) is 53.3. The third-order valence-corrected chi connectivity index (χ3v) is 24.7. The van der Waals surface area contributed by atoms with E-state index >= 15 is 0 Å². The van der Waals surface area contributed by atoms with E-state index < -0.39 is 21.7 Å². The average Bonchev–Trinajstić information content (AvgIpc) is 1.47. The molecule has 0 unspecified atom stereocenters. The van der Waals surface area contributed by atoms with Gasteiger partial charge in [0.2, 0.25) is 0 Å². The smallest absolute Gasteiger partial charge is 0.0729 e. The van der Waals surface area contributed by atoms with Gasteiger partial charge in [0, 0.05) is 54.2 Å². The first-order chi connectivity index (χ1) is 45.9. The first-order valence-corrected chi connectivity index (χ1v) is 33.9. The van der Waals surface area contributed by atoms with Crippen molar-refractivity contribution in [3.63, 3.8) is 0 Å². The highest BCUT2D eigenvalue weighted by Gasteiger charge is 2.65. The Labute approximate surface area is 544 Å². The summed E-state index contributed by atoms with van der Waals surface area (Å²) in [6.45, 7) is 14.3. The van der Waals surface area contributed by atoms with Gasteiger partial charge >= 0.3 is 0 Å². The molecule has 442 valence electrons. The van der Waals surface area contributed by atoms with Crippen LogP contribution in [0.2, 0.25) is 0 Å². The Hall–Kier alpha value is -10.7. The second-order valence-electron chi connectivity index (χ2n) is 30.7. The maximum Gasteiger partial charge on any atom is 0.0729 e. The molecule has 4 nitrogen and oxygen atoms in total. The van der Waals surface area contributed by atoms with Crippen LogP contribution < -0.4 is 0 Å². The summed E-state index contributed by atoms with van der Waals surface area (Å²) in [4.78, 5) is 12.4. The van der Waals surface area contributed by atoms with Gasteiger partial charge in [-0.2, -0.15) is 0 Å². The second kappa shape index (κ2) is 16.2. The van der Waals surface area contributed by atoms with Crippen molar-refractivity contribution in [3.8, 4) is 44.5 Å². The minimum absolute atomic E-state index is 0.0438. The molecule has 23 rings (SSSR count). The van der Waals surface area contributed by atoms with E-state index in [1.807, 2.05) is 0 Å². The summed E-state index contributed by atoms with van der Waals surface area (Å²) in [5.41, 5.74) is 33.8. The van der Waals surface area contributed by atoms with E-state index in [9.17, 15) is 0 Å². The maximum absolute atomic E-state index is 6.23. The summed E-state index contributed by atoms with van der Waals surface area (Å²) in [6, 6.07) is 90.0. The SMILES string of the molecule is CC(C)(C)c1ccc2c(c1)c1cc(C(C)(C)C)cc3c4c5c6c7c(ncc6n6c8cnc9c(c8c(cc4n2c13)c56)C1(CC92c3ccccc3-c3ccccc32)c2ccccc2-c2ccccc21)C1(CC72c3ccccc3-c3ccccc32)c2ccccc2-c2ccccc21. The lowest BCUT2D eigenvalue weighted by Gasteiger charge is -2.33. The van der Waals surface area contributed by atoms with Gasteiger partial charge in [-0.3, -0.25) is 9.97 Å². The fourth-order valence-electron chi connectivity index (χ4n) is 21.2. The average molecular weight is 1200 g/mol. The van der Waals surface area contributed by atoms with Gasteiger partial charge in [0.25, 0.3) is 0 Å². The number of fused-ring (bicyclic) bond motifs is 41. The third-order valence-electron chi connectivity index (χ3n) is 24.7. The van der Waals surface area contributed by atoms with E-state index in [4.69, 9.17) is 9.97 Å². The van der Waals surface area contributed by atoms with Crippen molar-refractivity contribution in [2.75, 3.05) is 0 Å². The molecule has 4 spiro atoms. The van der Waals surface area contributed by atoms with Gasteiger partial charge in [-0.25, -0.2) is 0 Å². The summed E-state index contributed by atoms with van der Waals surface area (Å²) in [7, 11) is 0. The minimum Gasteiger partial charge on any atom is -0.308 e. The summed E-state index contributed by atoms with van der Waals surface area (Å²) < 4.78 is 5.39. The molecule has 0 radical (unpaired) electrons. The molecule has 0 amide bonds. The normalized spacial score (nSPS) is 16.7. The molecule has 6 aliphatic rings. The number of benzene rings is 11. The minimum atomic E-state index is -0.608. The molecule has 0 N–H and O–H groups in total. The topological polar surface area (TPSA) is 34.6 Å². The first kappa shape index (κ1) is 50.9. The molecule has 0 fully saturated rings. The molecular weight excluding hydrogens is 1140 g/mol. The van der Waals surface area contributed by atoms with E-state index in [-0.39, 0.29) is 10.8 Å². The lowest BCUT2D eigenvalue weighted by molar-refractivity contribution is 0.511. The van der Waals surface area contributed by atoms with Crippen LogP contribution in [0, 0.1) is 0 Å². The van der Waals surface area contributed by atoms with E-state index in [2.05, 4.69) is 293 Å².